The average Bonchev–Trinajstić information content (AvgIpc) is 2.70. The van der Waals surface area contributed by atoms with Crippen LogP contribution < -0.4 is 15.5 Å². The van der Waals surface area contributed by atoms with Crippen LogP contribution in [0.1, 0.15) is 19.3 Å². The molecule has 0 saturated carbocycles. The van der Waals surface area contributed by atoms with E-state index in [1.807, 2.05) is 18.2 Å². The molecule has 6 heteroatoms. The quantitative estimate of drug-likeness (QED) is 0.648. The van der Waals surface area contributed by atoms with Crippen molar-refractivity contribution in [3.63, 3.8) is 0 Å². The smallest absolute Gasteiger partial charge is 0.266 e. The zero-order valence-electron chi connectivity index (χ0n) is 14.5. The Morgan fingerprint density at radius 3 is 2.40 bits per heavy atom. The highest BCUT2D eigenvalue weighted by molar-refractivity contribution is 5.97. The molecule has 1 aromatic carbocycles. The lowest BCUT2D eigenvalue weighted by Crippen LogP contribution is -2.46. The number of nitrogens with one attached hydrogen (secondary N) is 2. The minimum Gasteiger partial charge on any atom is -0.372 e. The van der Waals surface area contributed by atoms with Crippen LogP contribution in [0.25, 0.3) is 0 Å². The molecule has 132 valence electrons. The maximum Gasteiger partial charge on any atom is 0.266 e. The van der Waals surface area contributed by atoms with Crippen molar-refractivity contribution in [3.8, 4) is 6.07 Å². The van der Waals surface area contributed by atoms with E-state index < -0.39 is 0 Å². The van der Waals surface area contributed by atoms with Gasteiger partial charge in [0.15, 0.2) is 0 Å². The van der Waals surface area contributed by atoms with E-state index in [2.05, 4.69) is 27.7 Å². The minimum absolute atomic E-state index is 0.141. The molecule has 0 bridgehead atoms. The molecule has 0 aromatic heterocycles. The van der Waals surface area contributed by atoms with Gasteiger partial charge in [-0.15, -0.1) is 0 Å². The number of carbonyl (C=O) groups excluding carboxylic acids is 1. The number of hydrogen-bond donors (Lipinski definition) is 2. The second-order valence-corrected chi connectivity index (χ2v) is 6.45. The van der Waals surface area contributed by atoms with Crippen molar-refractivity contribution in [1.29, 1.82) is 5.26 Å². The van der Waals surface area contributed by atoms with Gasteiger partial charge in [-0.2, -0.15) is 5.26 Å². The number of anilines is 2. The van der Waals surface area contributed by atoms with Crippen LogP contribution in [0.2, 0.25) is 0 Å². The molecule has 6 nitrogen and oxygen atoms in total. The molecule has 1 aromatic rings. The van der Waals surface area contributed by atoms with Gasteiger partial charge >= 0.3 is 0 Å². The average molecular weight is 339 g/mol. The fourth-order valence-corrected chi connectivity index (χ4v) is 3.26. The maximum absolute atomic E-state index is 12.4. The zero-order valence-corrected chi connectivity index (χ0v) is 14.5. The van der Waals surface area contributed by atoms with Crippen LogP contribution in [0.15, 0.2) is 36.0 Å². The highest BCUT2D eigenvalue weighted by atomic mass is 16.2. The normalized spacial score (nSPS) is 18.6. The summed E-state index contributed by atoms with van der Waals surface area (Å²) in [5.41, 5.74) is 2.25. The molecule has 25 heavy (non-hydrogen) atoms. The Bertz CT molecular complexity index is 649. The number of amides is 1. The highest BCUT2D eigenvalue weighted by Crippen LogP contribution is 2.22. The van der Waals surface area contributed by atoms with Gasteiger partial charge in [0.05, 0.1) is 0 Å². The number of rotatable bonds is 4. The summed E-state index contributed by atoms with van der Waals surface area (Å²) in [4.78, 5) is 16.5. The van der Waals surface area contributed by atoms with Crippen LogP contribution >= 0.6 is 0 Å². The van der Waals surface area contributed by atoms with Crippen LogP contribution in [0, 0.1) is 11.3 Å². The standard InChI is InChI=1S/C19H25N5O/c20-14-16(19(25)24-12-8-21-9-13-24)15-22-17-4-6-18(7-5-17)23-10-2-1-3-11-23/h4-7,15,21-22H,1-3,8-13H2/b16-15-. The van der Waals surface area contributed by atoms with Gasteiger partial charge < -0.3 is 20.4 Å². The Hall–Kier alpha value is -2.52. The van der Waals surface area contributed by atoms with Gasteiger partial charge in [0, 0.05) is 56.8 Å². The third-order valence-corrected chi connectivity index (χ3v) is 4.73. The Kier molecular flexibility index (Phi) is 5.91. The summed E-state index contributed by atoms with van der Waals surface area (Å²) >= 11 is 0. The summed E-state index contributed by atoms with van der Waals surface area (Å²) in [6.45, 7) is 5.06. The van der Waals surface area contributed by atoms with E-state index in [0.717, 1.165) is 31.9 Å². The van der Waals surface area contributed by atoms with Gasteiger partial charge in [0.2, 0.25) is 0 Å². The van der Waals surface area contributed by atoms with Gasteiger partial charge in [-0.1, -0.05) is 0 Å². The first-order valence-electron chi connectivity index (χ1n) is 9.00. The number of hydrogen-bond acceptors (Lipinski definition) is 5. The molecule has 2 aliphatic heterocycles. The van der Waals surface area contributed by atoms with Crippen molar-refractivity contribution < 1.29 is 4.79 Å². The van der Waals surface area contributed by atoms with Crippen LogP contribution in [-0.4, -0.2) is 50.1 Å². The molecule has 2 aliphatic rings. The van der Waals surface area contributed by atoms with E-state index in [9.17, 15) is 10.1 Å². The molecule has 0 spiro atoms. The first-order valence-corrected chi connectivity index (χ1v) is 9.00. The molecule has 0 aliphatic carbocycles. The van der Waals surface area contributed by atoms with Crippen LogP contribution in [0.5, 0.6) is 0 Å². The molecule has 3 rings (SSSR count). The minimum atomic E-state index is -0.207. The third-order valence-electron chi connectivity index (χ3n) is 4.73. The zero-order chi connectivity index (χ0) is 17.5. The van der Waals surface area contributed by atoms with Gasteiger partial charge in [-0.25, -0.2) is 0 Å². The van der Waals surface area contributed by atoms with Crippen LogP contribution in [0.4, 0.5) is 11.4 Å². The Balaban J connectivity index is 1.61. The van der Waals surface area contributed by atoms with Crippen molar-refractivity contribution in [2.75, 3.05) is 49.5 Å². The van der Waals surface area contributed by atoms with E-state index in [1.165, 1.54) is 31.1 Å². The van der Waals surface area contributed by atoms with E-state index in [1.54, 1.807) is 4.90 Å². The first kappa shape index (κ1) is 17.3. The molecule has 2 fully saturated rings. The van der Waals surface area contributed by atoms with Crippen molar-refractivity contribution in [3.05, 3.63) is 36.0 Å². The van der Waals surface area contributed by atoms with Gasteiger partial charge in [-0.3, -0.25) is 4.79 Å². The lowest BCUT2D eigenvalue weighted by atomic mass is 10.1. The summed E-state index contributed by atoms with van der Waals surface area (Å²) in [5.74, 6) is -0.207. The van der Waals surface area contributed by atoms with E-state index in [4.69, 9.17) is 0 Å². The van der Waals surface area contributed by atoms with Gasteiger partial charge in [0.1, 0.15) is 11.6 Å². The summed E-state index contributed by atoms with van der Waals surface area (Å²) in [6, 6.07) is 10.2. The third kappa shape index (κ3) is 4.52. The molecule has 0 unspecified atom stereocenters. The van der Waals surface area contributed by atoms with Crippen LogP contribution in [-0.2, 0) is 4.79 Å². The van der Waals surface area contributed by atoms with Crippen molar-refractivity contribution >= 4 is 17.3 Å². The number of carbonyl (C=O) groups is 1. The van der Waals surface area contributed by atoms with E-state index in [-0.39, 0.29) is 11.5 Å². The van der Waals surface area contributed by atoms with Crippen molar-refractivity contribution in [2.45, 2.75) is 19.3 Å². The highest BCUT2D eigenvalue weighted by Gasteiger charge is 2.19. The molecule has 0 radical (unpaired) electrons. The summed E-state index contributed by atoms with van der Waals surface area (Å²) < 4.78 is 0. The fourth-order valence-electron chi connectivity index (χ4n) is 3.26. The monoisotopic (exact) mass is 339 g/mol. The topological polar surface area (TPSA) is 71.4 Å². The van der Waals surface area contributed by atoms with Crippen molar-refractivity contribution in [2.24, 2.45) is 0 Å². The largest absolute Gasteiger partial charge is 0.372 e. The fraction of sp³-hybridized carbons (Fsp3) is 0.474. The number of nitrogens with zero attached hydrogens (tertiary/aromatic N) is 3. The molecule has 2 saturated heterocycles. The summed E-state index contributed by atoms with van der Waals surface area (Å²) in [6.07, 6.45) is 5.34. The Morgan fingerprint density at radius 2 is 1.76 bits per heavy atom. The lowest BCUT2D eigenvalue weighted by Gasteiger charge is -2.28. The maximum atomic E-state index is 12.4. The Labute approximate surface area is 149 Å². The molecular weight excluding hydrogens is 314 g/mol. The molecular formula is C19H25N5O. The second kappa shape index (κ2) is 8.54. The molecule has 2 N–H and O–H groups in total. The number of benzene rings is 1. The van der Waals surface area contributed by atoms with Gasteiger partial charge in [0.25, 0.3) is 5.91 Å². The predicted octanol–water partition coefficient (Wildman–Crippen LogP) is 1.93. The predicted molar refractivity (Wildman–Crippen MR) is 99.3 cm³/mol. The van der Waals surface area contributed by atoms with Crippen LogP contribution in [0.3, 0.4) is 0 Å². The van der Waals surface area contributed by atoms with Gasteiger partial charge in [-0.05, 0) is 43.5 Å². The SMILES string of the molecule is N#C/C(=C/Nc1ccc(N2CCCCC2)cc1)C(=O)N1CCNCC1. The summed E-state index contributed by atoms with van der Waals surface area (Å²) in [7, 11) is 0. The van der Waals surface area contributed by atoms with E-state index >= 15 is 0 Å². The number of piperidine rings is 1. The second-order valence-electron chi connectivity index (χ2n) is 6.45. The lowest BCUT2D eigenvalue weighted by molar-refractivity contribution is -0.127. The number of nitriles is 1. The summed E-state index contributed by atoms with van der Waals surface area (Å²) in [5, 5.41) is 15.6. The molecule has 2 heterocycles. The first-order chi connectivity index (χ1) is 12.3. The number of piperazine rings is 1. The van der Waals surface area contributed by atoms with Crippen molar-refractivity contribution in [1.82, 2.24) is 10.2 Å². The van der Waals surface area contributed by atoms with E-state index in [0.29, 0.717) is 13.1 Å². The Morgan fingerprint density at radius 1 is 1.08 bits per heavy atom. The molecule has 0 atom stereocenters. The molecule has 1 amide bonds.